The van der Waals surface area contributed by atoms with Crippen LogP contribution in [-0.4, -0.2) is 25.7 Å². The average molecular weight is 363 g/mol. The summed E-state index contributed by atoms with van der Waals surface area (Å²) in [5.74, 6) is 0.130. The van der Waals surface area contributed by atoms with E-state index in [9.17, 15) is 10.4 Å². The van der Waals surface area contributed by atoms with Gasteiger partial charge < -0.3 is 5.11 Å². The molecule has 0 spiro atoms. The van der Waals surface area contributed by atoms with Crippen molar-refractivity contribution in [3.05, 3.63) is 29.0 Å². The van der Waals surface area contributed by atoms with Crippen molar-refractivity contribution >= 4 is 56.6 Å². The Morgan fingerprint density at radius 1 is 1.39 bits per heavy atom. The smallest absolute Gasteiger partial charge is 0.176 e. The molecule has 0 radical (unpaired) electrons. The van der Waals surface area contributed by atoms with Crippen LogP contribution in [0.25, 0.3) is 10.9 Å². The maximum Gasteiger partial charge on any atom is 0.176 e. The quantitative estimate of drug-likeness (QED) is 0.419. The highest BCUT2D eigenvalue weighted by molar-refractivity contribution is 7.98. The lowest BCUT2D eigenvalue weighted by atomic mass is 10.2. The maximum atomic E-state index is 9.33. The predicted molar refractivity (Wildman–Crippen MR) is 89.0 cm³/mol. The fourth-order valence-corrected chi connectivity index (χ4v) is 3.12. The summed E-state index contributed by atoms with van der Waals surface area (Å²) in [5, 5.41) is 28.4. The minimum Gasteiger partial charge on any atom is -0.505 e. The molecule has 3 aromatic heterocycles. The zero-order chi connectivity index (χ0) is 16.4. The summed E-state index contributed by atoms with van der Waals surface area (Å²) < 4.78 is 4.27. The van der Waals surface area contributed by atoms with E-state index in [2.05, 4.69) is 30.6 Å². The van der Waals surface area contributed by atoms with Crippen molar-refractivity contribution in [2.24, 2.45) is 10.2 Å². The monoisotopic (exact) mass is 362 g/mol. The van der Waals surface area contributed by atoms with Gasteiger partial charge >= 0.3 is 0 Å². The number of pyridine rings is 2. The van der Waals surface area contributed by atoms with Crippen LogP contribution in [0.15, 0.2) is 33.6 Å². The number of thioether (sulfide) groups is 1. The van der Waals surface area contributed by atoms with Crippen molar-refractivity contribution in [3.8, 4) is 11.8 Å². The molecule has 3 heterocycles. The largest absolute Gasteiger partial charge is 0.505 e. The SMILES string of the molecule is CSc1ncc2c(/N=N/c3ccc(O)c(Cl)n3)snc2c1C#N. The fraction of sp³-hybridized carbons (Fsp3) is 0.0769. The summed E-state index contributed by atoms with van der Waals surface area (Å²) in [6, 6.07) is 4.99. The van der Waals surface area contributed by atoms with Gasteiger partial charge in [0.2, 0.25) is 0 Å². The molecule has 10 heteroatoms. The maximum absolute atomic E-state index is 9.33. The van der Waals surface area contributed by atoms with Gasteiger partial charge in [-0.1, -0.05) is 11.6 Å². The Morgan fingerprint density at radius 3 is 2.91 bits per heavy atom. The molecule has 0 aliphatic heterocycles. The standard InChI is InChI=1S/C13H7ClN6OS2/c1-22-12-6(4-15)10-7(5-16-12)13(23-20-10)19-18-9-3-2-8(21)11(14)17-9/h2-3,5,21H,1H3/b19-18+. The highest BCUT2D eigenvalue weighted by Crippen LogP contribution is 2.35. The lowest BCUT2D eigenvalue weighted by Gasteiger charge is -1.98. The van der Waals surface area contributed by atoms with Gasteiger partial charge in [0.25, 0.3) is 0 Å². The van der Waals surface area contributed by atoms with Crippen molar-refractivity contribution < 1.29 is 5.11 Å². The molecule has 0 bridgehead atoms. The molecule has 7 nitrogen and oxygen atoms in total. The zero-order valence-corrected chi connectivity index (χ0v) is 13.9. The molecule has 0 saturated carbocycles. The van der Waals surface area contributed by atoms with Crippen molar-refractivity contribution in [2.45, 2.75) is 5.03 Å². The Bertz CT molecular complexity index is 965. The molecule has 0 saturated heterocycles. The Hall–Kier alpha value is -2.28. The van der Waals surface area contributed by atoms with E-state index < -0.39 is 0 Å². The Morgan fingerprint density at radius 2 is 2.22 bits per heavy atom. The second-order valence-corrected chi connectivity index (χ2v) is 6.09. The Kier molecular flexibility index (Phi) is 4.38. The van der Waals surface area contributed by atoms with Gasteiger partial charge in [-0.3, -0.25) is 0 Å². The number of hydrogen-bond donors (Lipinski definition) is 1. The minimum absolute atomic E-state index is 0.0475. The molecular weight excluding hydrogens is 356 g/mol. The third-order valence-corrected chi connectivity index (χ3v) is 4.56. The second kappa shape index (κ2) is 6.45. The van der Waals surface area contributed by atoms with E-state index in [0.717, 1.165) is 11.5 Å². The van der Waals surface area contributed by atoms with Gasteiger partial charge in [0.05, 0.1) is 5.39 Å². The molecule has 0 aromatic carbocycles. The van der Waals surface area contributed by atoms with E-state index in [-0.39, 0.29) is 16.7 Å². The molecular formula is C13H7ClN6OS2. The molecule has 0 aliphatic rings. The molecule has 0 fully saturated rings. The van der Waals surface area contributed by atoms with Crippen LogP contribution in [0.2, 0.25) is 5.15 Å². The molecule has 0 atom stereocenters. The number of hydrogen-bond acceptors (Lipinski definition) is 9. The lowest BCUT2D eigenvalue weighted by molar-refractivity contribution is 0.473. The van der Waals surface area contributed by atoms with E-state index >= 15 is 0 Å². The molecule has 3 aromatic rings. The van der Waals surface area contributed by atoms with Crippen LogP contribution < -0.4 is 0 Å². The number of nitriles is 1. The Labute approximate surface area is 143 Å². The van der Waals surface area contributed by atoms with Crippen LogP contribution in [0.3, 0.4) is 0 Å². The first-order chi connectivity index (χ1) is 11.1. The van der Waals surface area contributed by atoms with E-state index in [1.165, 1.54) is 23.9 Å². The first-order valence-electron chi connectivity index (χ1n) is 6.13. The second-order valence-electron chi connectivity index (χ2n) is 4.18. The summed E-state index contributed by atoms with van der Waals surface area (Å²) >= 11 is 8.22. The summed E-state index contributed by atoms with van der Waals surface area (Å²) in [4.78, 5) is 8.13. The molecule has 0 aliphatic carbocycles. The van der Waals surface area contributed by atoms with E-state index in [4.69, 9.17) is 11.6 Å². The summed E-state index contributed by atoms with van der Waals surface area (Å²) in [6.45, 7) is 0. The highest BCUT2D eigenvalue weighted by atomic mass is 35.5. The van der Waals surface area contributed by atoms with Crippen LogP contribution in [0.1, 0.15) is 5.56 Å². The number of rotatable bonds is 3. The van der Waals surface area contributed by atoms with Gasteiger partial charge in [-0.05, 0) is 29.9 Å². The normalized spacial score (nSPS) is 11.2. The van der Waals surface area contributed by atoms with Gasteiger partial charge in [0.15, 0.2) is 21.7 Å². The summed E-state index contributed by atoms with van der Waals surface area (Å²) in [5.41, 5.74) is 0.987. The zero-order valence-electron chi connectivity index (χ0n) is 11.6. The van der Waals surface area contributed by atoms with Crippen LogP contribution in [0.5, 0.6) is 5.75 Å². The third kappa shape index (κ3) is 2.96. The lowest BCUT2D eigenvalue weighted by Crippen LogP contribution is -1.87. The topological polar surface area (TPSA) is 107 Å². The highest BCUT2D eigenvalue weighted by Gasteiger charge is 2.14. The average Bonchev–Trinajstić information content (AvgIpc) is 2.98. The van der Waals surface area contributed by atoms with Gasteiger partial charge in [-0.15, -0.1) is 22.0 Å². The first-order valence-corrected chi connectivity index (χ1v) is 8.51. The number of nitrogens with zero attached hydrogens (tertiary/aromatic N) is 6. The molecule has 0 amide bonds. The van der Waals surface area contributed by atoms with Crippen molar-refractivity contribution in [2.75, 3.05) is 6.26 Å². The number of aromatic nitrogens is 3. The predicted octanol–water partition coefficient (Wildman–Crippen LogP) is 4.45. The van der Waals surface area contributed by atoms with Crippen LogP contribution in [0.4, 0.5) is 10.8 Å². The van der Waals surface area contributed by atoms with Crippen molar-refractivity contribution in [1.29, 1.82) is 5.26 Å². The summed E-state index contributed by atoms with van der Waals surface area (Å²) in [6.07, 6.45) is 3.47. The van der Waals surface area contributed by atoms with Crippen LogP contribution in [-0.2, 0) is 0 Å². The number of halogens is 1. The van der Waals surface area contributed by atoms with E-state index in [0.29, 0.717) is 26.5 Å². The minimum atomic E-state index is -0.124. The fourth-order valence-electron chi connectivity index (χ4n) is 1.77. The molecule has 114 valence electrons. The summed E-state index contributed by atoms with van der Waals surface area (Å²) in [7, 11) is 0. The van der Waals surface area contributed by atoms with Crippen molar-refractivity contribution in [3.63, 3.8) is 0 Å². The van der Waals surface area contributed by atoms with Gasteiger partial charge in [-0.2, -0.15) is 9.64 Å². The first kappa shape index (κ1) is 15.6. The molecule has 3 rings (SSSR count). The van der Waals surface area contributed by atoms with Gasteiger partial charge in [0, 0.05) is 6.20 Å². The molecule has 1 N–H and O–H groups in total. The molecule has 0 unspecified atom stereocenters. The molecule has 23 heavy (non-hydrogen) atoms. The van der Waals surface area contributed by atoms with Crippen LogP contribution >= 0.6 is 34.9 Å². The van der Waals surface area contributed by atoms with E-state index in [1.807, 2.05) is 6.26 Å². The number of fused-ring (bicyclic) bond motifs is 1. The Balaban J connectivity index is 2.02. The number of azo groups is 1. The number of aromatic hydroxyl groups is 1. The van der Waals surface area contributed by atoms with Crippen LogP contribution in [0, 0.1) is 11.3 Å². The van der Waals surface area contributed by atoms with E-state index in [1.54, 1.807) is 6.20 Å². The third-order valence-electron chi connectivity index (χ3n) is 2.83. The van der Waals surface area contributed by atoms with Crippen molar-refractivity contribution in [1.82, 2.24) is 14.3 Å². The van der Waals surface area contributed by atoms with Gasteiger partial charge in [0.1, 0.15) is 22.2 Å². The van der Waals surface area contributed by atoms with Gasteiger partial charge in [-0.25, -0.2) is 9.97 Å².